The van der Waals surface area contributed by atoms with Crippen LogP contribution < -0.4 is 5.73 Å². The van der Waals surface area contributed by atoms with Crippen LogP contribution in [0.2, 0.25) is 0 Å². The largest absolute Gasteiger partial charge is 0.389 e. The standard InChI is InChI=1S/C10H14N2O4/c1-6-4-7(10(14)9(13)5-11)2-3-8(6)12(15)16/h2-4,9-10,13-14H,5,11H2,1H3. The number of aryl methyl sites for hydroxylation is 1. The topological polar surface area (TPSA) is 110 Å². The van der Waals surface area contributed by atoms with E-state index in [-0.39, 0.29) is 12.2 Å². The molecule has 0 bridgehead atoms. The highest BCUT2D eigenvalue weighted by molar-refractivity contribution is 5.42. The van der Waals surface area contributed by atoms with Crippen molar-refractivity contribution >= 4 is 5.69 Å². The fourth-order valence-corrected chi connectivity index (χ4v) is 1.42. The molecule has 4 N–H and O–H groups in total. The summed E-state index contributed by atoms with van der Waals surface area (Å²) in [5.74, 6) is 0. The number of aliphatic hydroxyl groups is 2. The second-order valence-corrected chi connectivity index (χ2v) is 3.55. The Balaban J connectivity index is 3.01. The lowest BCUT2D eigenvalue weighted by Crippen LogP contribution is -2.27. The molecule has 0 aliphatic carbocycles. The third-order valence-corrected chi connectivity index (χ3v) is 2.37. The number of nitrogens with zero attached hydrogens (tertiary/aromatic N) is 1. The molecule has 6 heteroatoms. The minimum absolute atomic E-state index is 0.0156. The summed E-state index contributed by atoms with van der Waals surface area (Å²) in [6.45, 7) is 1.50. The Morgan fingerprint density at radius 2 is 2.12 bits per heavy atom. The third-order valence-electron chi connectivity index (χ3n) is 2.37. The van der Waals surface area contributed by atoms with Crippen molar-refractivity contribution < 1.29 is 15.1 Å². The Morgan fingerprint density at radius 1 is 1.50 bits per heavy atom. The Labute approximate surface area is 92.5 Å². The maximum absolute atomic E-state index is 10.6. The van der Waals surface area contributed by atoms with E-state index >= 15 is 0 Å². The van der Waals surface area contributed by atoms with E-state index < -0.39 is 17.1 Å². The molecule has 0 radical (unpaired) electrons. The molecule has 0 aliphatic rings. The van der Waals surface area contributed by atoms with Crippen LogP contribution in [0, 0.1) is 17.0 Å². The minimum atomic E-state index is -1.12. The first-order valence-corrected chi connectivity index (χ1v) is 4.78. The molecule has 0 spiro atoms. The second kappa shape index (κ2) is 5.02. The van der Waals surface area contributed by atoms with Gasteiger partial charge in [-0.15, -0.1) is 0 Å². The van der Waals surface area contributed by atoms with E-state index in [1.807, 2.05) is 0 Å². The molecule has 0 aromatic heterocycles. The van der Waals surface area contributed by atoms with Crippen molar-refractivity contribution in [3.8, 4) is 0 Å². The monoisotopic (exact) mass is 226 g/mol. The van der Waals surface area contributed by atoms with Crippen LogP contribution in [0.5, 0.6) is 0 Å². The first-order chi connectivity index (χ1) is 7.47. The van der Waals surface area contributed by atoms with Crippen LogP contribution in [0.25, 0.3) is 0 Å². The Morgan fingerprint density at radius 3 is 2.56 bits per heavy atom. The van der Waals surface area contributed by atoms with Crippen molar-refractivity contribution in [3.63, 3.8) is 0 Å². The van der Waals surface area contributed by atoms with Crippen molar-refractivity contribution in [2.24, 2.45) is 5.73 Å². The molecular weight excluding hydrogens is 212 g/mol. The molecule has 0 amide bonds. The summed E-state index contributed by atoms with van der Waals surface area (Å²) in [5.41, 5.74) is 6.05. The van der Waals surface area contributed by atoms with Gasteiger partial charge < -0.3 is 15.9 Å². The van der Waals surface area contributed by atoms with Crippen LogP contribution in [0.3, 0.4) is 0 Å². The van der Waals surface area contributed by atoms with Crippen molar-refractivity contribution in [3.05, 3.63) is 39.4 Å². The van der Waals surface area contributed by atoms with Crippen molar-refractivity contribution in [1.82, 2.24) is 0 Å². The molecule has 0 heterocycles. The molecule has 1 aromatic rings. The first-order valence-electron chi connectivity index (χ1n) is 4.78. The van der Waals surface area contributed by atoms with E-state index in [1.165, 1.54) is 18.2 Å². The van der Waals surface area contributed by atoms with Crippen LogP contribution in [0.15, 0.2) is 18.2 Å². The summed E-state index contributed by atoms with van der Waals surface area (Å²) in [4.78, 5) is 10.1. The molecule has 0 saturated heterocycles. The number of nitro groups is 1. The molecule has 6 nitrogen and oxygen atoms in total. The van der Waals surface area contributed by atoms with Gasteiger partial charge in [0.1, 0.15) is 6.10 Å². The van der Waals surface area contributed by atoms with Crippen molar-refractivity contribution in [2.75, 3.05) is 6.54 Å². The van der Waals surface area contributed by atoms with Gasteiger partial charge >= 0.3 is 0 Å². The Kier molecular flexibility index (Phi) is 3.94. The molecule has 16 heavy (non-hydrogen) atoms. The number of nitro benzene ring substituents is 1. The number of nitrogens with two attached hydrogens (primary N) is 1. The molecule has 0 aliphatic heterocycles. The quantitative estimate of drug-likeness (QED) is 0.503. The second-order valence-electron chi connectivity index (χ2n) is 3.55. The van der Waals surface area contributed by atoms with E-state index in [2.05, 4.69) is 0 Å². The predicted molar refractivity (Wildman–Crippen MR) is 57.9 cm³/mol. The lowest BCUT2D eigenvalue weighted by molar-refractivity contribution is -0.385. The molecule has 0 fully saturated rings. The van der Waals surface area contributed by atoms with Gasteiger partial charge in [0.2, 0.25) is 0 Å². The maximum Gasteiger partial charge on any atom is 0.272 e. The third kappa shape index (κ3) is 2.54. The van der Waals surface area contributed by atoms with Gasteiger partial charge in [-0.3, -0.25) is 10.1 Å². The van der Waals surface area contributed by atoms with Crippen molar-refractivity contribution in [2.45, 2.75) is 19.1 Å². The summed E-state index contributed by atoms with van der Waals surface area (Å²) in [6, 6.07) is 4.19. The van der Waals surface area contributed by atoms with Gasteiger partial charge in [-0.25, -0.2) is 0 Å². The fourth-order valence-electron chi connectivity index (χ4n) is 1.42. The normalized spacial score (nSPS) is 14.5. The average molecular weight is 226 g/mol. The molecule has 2 unspecified atom stereocenters. The number of rotatable bonds is 4. The number of hydrogen-bond acceptors (Lipinski definition) is 5. The van der Waals surface area contributed by atoms with Gasteiger partial charge in [0, 0.05) is 18.2 Å². The van der Waals surface area contributed by atoms with Gasteiger partial charge in [0.05, 0.1) is 11.0 Å². The minimum Gasteiger partial charge on any atom is -0.389 e. The van der Waals surface area contributed by atoms with E-state index in [0.29, 0.717) is 11.1 Å². The number of hydrogen-bond donors (Lipinski definition) is 3. The summed E-state index contributed by atoms with van der Waals surface area (Å²) < 4.78 is 0. The molecule has 88 valence electrons. The average Bonchev–Trinajstić information content (AvgIpc) is 2.26. The lowest BCUT2D eigenvalue weighted by atomic mass is 10.0. The summed E-state index contributed by atoms with van der Waals surface area (Å²) in [6.07, 6.45) is -2.19. The van der Waals surface area contributed by atoms with Gasteiger partial charge in [-0.2, -0.15) is 0 Å². The van der Waals surface area contributed by atoms with Crippen LogP contribution in [-0.4, -0.2) is 27.8 Å². The van der Waals surface area contributed by atoms with Crippen LogP contribution in [-0.2, 0) is 0 Å². The Bertz CT molecular complexity index is 394. The van der Waals surface area contributed by atoms with Crippen LogP contribution in [0.4, 0.5) is 5.69 Å². The van der Waals surface area contributed by atoms with Crippen LogP contribution in [0.1, 0.15) is 17.2 Å². The SMILES string of the molecule is Cc1cc(C(O)C(O)CN)ccc1[N+](=O)[O-]. The van der Waals surface area contributed by atoms with Crippen LogP contribution >= 0.6 is 0 Å². The smallest absolute Gasteiger partial charge is 0.272 e. The zero-order valence-corrected chi connectivity index (χ0v) is 8.83. The molecule has 2 atom stereocenters. The molecular formula is C10H14N2O4. The fraction of sp³-hybridized carbons (Fsp3) is 0.400. The number of aliphatic hydroxyl groups excluding tert-OH is 2. The Hall–Kier alpha value is -1.50. The highest BCUT2D eigenvalue weighted by atomic mass is 16.6. The highest BCUT2D eigenvalue weighted by Crippen LogP contribution is 2.23. The molecule has 1 aromatic carbocycles. The van der Waals surface area contributed by atoms with E-state index in [1.54, 1.807) is 6.92 Å². The zero-order chi connectivity index (χ0) is 12.3. The van der Waals surface area contributed by atoms with Gasteiger partial charge in [0.15, 0.2) is 0 Å². The summed E-state index contributed by atoms with van der Waals surface area (Å²) in [5, 5.41) is 29.6. The highest BCUT2D eigenvalue weighted by Gasteiger charge is 2.19. The maximum atomic E-state index is 10.6. The van der Waals surface area contributed by atoms with E-state index in [9.17, 15) is 20.3 Å². The van der Waals surface area contributed by atoms with Gasteiger partial charge in [-0.05, 0) is 24.6 Å². The summed E-state index contributed by atoms with van der Waals surface area (Å²) in [7, 11) is 0. The first kappa shape index (κ1) is 12.6. The molecule has 1 rings (SSSR count). The van der Waals surface area contributed by atoms with Crippen molar-refractivity contribution in [1.29, 1.82) is 0 Å². The van der Waals surface area contributed by atoms with Gasteiger partial charge in [-0.1, -0.05) is 0 Å². The zero-order valence-electron chi connectivity index (χ0n) is 8.83. The van der Waals surface area contributed by atoms with Gasteiger partial charge in [0.25, 0.3) is 5.69 Å². The summed E-state index contributed by atoms with van der Waals surface area (Å²) >= 11 is 0. The molecule has 0 saturated carbocycles. The van der Waals surface area contributed by atoms with E-state index in [0.717, 1.165) is 0 Å². The number of benzene rings is 1. The van der Waals surface area contributed by atoms with E-state index in [4.69, 9.17) is 5.73 Å². The predicted octanol–water partition coefficient (Wildman–Crippen LogP) is 0.256. The lowest BCUT2D eigenvalue weighted by Gasteiger charge is -2.16.